The zero-order valence-corrected chi connectivity index (χ0v) is 10.8. The molecule has 4 N–H and O–H groups in total. The zero-order valence-electron chi connectivity index (χ0n) is 10.8. The second-order valence-electron chi connectivity index (χ2n) is 4.85. The number of nitrogens with one attached hydrogen (secondary N) is 1. The number of hydrogen-bond acceptors (Lipinski definition) is 3. The van der Waals surface area contributed by atoms with E-state index in [1.165, 1.54) is 0 Å². The van der Waals surface area contributed by atoms with Gasteiger partial charge in [-0.3, -0.25) is 4.79 Å². The Balaban J connectivity index is 2.08. The first-order chi connectivity index (χ1) is 8.50. The van der Waals surface area contributed by atoms with E-state index in [1.807, 2.05) is 6.21 Å². The molecule has 0 saturated heterocycles. The Labute approximate surface area is 107 Å². The van der Waals surface area contributed by atoms with Gasteiger partial charge in [0.05, 0.1) is 19.3 Å². The third-order valence-electron chi connectivity index (χ3n) is 3.03. The van der Waals surface area contributed by atoms with Gasteiger partial charge in [0, 0.05) is 12.3 Å². The van der Waals surface area contributed by atoms with E-state index in [0.29, 0.717) is 25.3 Å². The molecule has 102 valence electrons. The molecule has 2 unspecified atom stereocenters. The highest BCUT2D eigenvalue weighted by Crippen LogP contribution is 2.06. The molecule has 0 aliphatic carbocycles. The van der Waals surface area contributed by atoms with Crippen LogP contribution in [0.4, 0.5) is 4.79 Å². The highest BCUT2D eigenvalue weighted by Gasteiger charge is 2.22. The SMILES string of the molecule is CC1CC=[N+](C(=O)NCCCCC(N)C(=O)O)C1. The quantitative estimate of drug-likeness (QED) is 0.473. The molecule has 0 fully saturated rings. The van der Waals surface area contributed by atoms with Crippen LogP contribution in [0.15, 0.2) is 0 Å². The maximum atomic E-state index is 11.7. The molecular weight excluding hydrogens is 234 g/mol. The van der Waals surface area contributed by atoms with Crippen molar-refractivity contribution < 1.29 is 19.3 Å². The number of carbonyl (C=O) groups excluding carboxylic acids is 1. The highest BCUT2D eigenvalue weighted by molar-refractivity contribution is 5.73. The van der Waals surface area contributed by atoms with Crippen molar-refractivity contribution in [1.29, 1.82) is 0 Å². The minimum Gasteiger partial charge on any atom is -0.480 e. The molecule has 18 heavy (non-hydrogen) atoms. The Kier molecular flexibility index (Phi) is 5.77. The van der Waals surface area contributed by atoms with Gasteiger partial charge in [0.1, 0.15) is 6.04 Å². The van der Waals surface area contributed by atoms with Gasteiger partial charge >= 0.3 is 12.0 Å². The molecule has 0 aromatic heterocycles. The molecule has 0 aromatic carbocycles. The number of nitrogens with zero attached hydrogens (tertiary/aromatic N) is 1. The van der Waals surface area contributed by atoms with Gasteiger partial charge in [-0.1, -0.05) is 6.92 Å². The molecule has 2 atom stereocenters. The van der Waals surface area contributed by atoms with Crippen LogP contribution < -0.4 is 11.1 Å². The molecule has 0 bridgehead atoms. The van der Waals surface area contributed by atoms with Crippen LogP contribution in [0.5, 0.6) is 0 Å². The van der Waals surface area contributed by atoms with Crippen molar-refractivity contribution in [2.75, 3.05) is 13.1 Å². The molecule has 1 heterocycles. The minimum absolute atomic E-state index is 0.0677. The number of amides is 2. The summed E-state index contributed by atoms with van der Waals surface area (Å²) in [6.07, 6.45) is 4.75. The smallest absolute Gasteiger partial charge is 0.480 e. The molecule has 6 nitrogen and oxygen atoms in total. The number of nitrogens with two attached hydrogens (primary N) is 1. The van der Waals surface area contributed by atoms with Gasteiger partial charge in [0.2, 0.25) is 0 Å². The van der Waals surface area contributed by atoms with Crippen LogP contribution in [0.25, 0.3) is 0 Å². The van der Waals surface area contributed by atoms with E-state index in [1.54, 1.807) is 4.58 Å². The average molecular weight is 256 g/mol. The number of aliphatic carboxylic acids is 1. The van der Waals surface area contributed by atoms with Crippen LogP contribution in [-0.2, 0) is 4.79 Å². The predicted octanol–water partition coefficient (Wildman–Crippen LogP) is 0.401. The predicted molar refractivity (Wildman–Crippen MR) is 67.8 cm³/mol. The lowest BCUT2D eigenvalue weighted by Gasteiger charge is -2.05. The van der Waals surface area contributed by atoms with Crippen LogP contribution in [-0.4, -0.2) is 47.0 Å². The van der Waals surface area contributed by atoms with Gasteiger partial charge in [0.15, 0.2) is 0 Å². The Morgan fingerprint density at radius 1 is 1.56 bits per heavy atom. The summed E-state index contributed by atoms with van der Waals surface area (Å²) >= 11 is 0. The number of carboxylic acids is 1. The first-order valence-corrected chi connectivity index (χ1v) is 6.37. The van der Waals surface area contributed by atoms with Gasteiger partial charge in [0.25, 0.3) is 0 Å². The molecular formula is C12H22N3O3+. The summed E-state index contributed by atoms with van der Waals surface area (Å²) in [5, 5.41) is 11.4. The monoisotopic (exact) mass is 256 g/mol. The maximum Gasteiger partial charge on any atom is 0.490 e. The number of carboxylic acid groups (broad SMARTS) is 1. The van der Waals surface area contributed by atoms with Crippen molar-refractivity contribution in [3.05, 3.63) is 0 Å². The Morgan fingerprint density at radius 2 is 2.28 bits per heavy atom. The normalized spacial score (nSPS) is 20.3. The Bertz CT molecular complexity index is 341. The standard InChI is InChI=1S/C12H21N3O3/c1-9-5-7-15(8-9)12(18)14-6-3-2-4-10(13)11(16)17/h7,9-10H,2-6,8,13H2,1H3,(H-,14,16,17,18)/p+1. The third-order valence-corrected chi connectivity index (χ3v) is 3.03. The van der Waals surface area contributed by atoms with E-state index in [2.05, 4.69) is 12.2 Å². The molecule has 1 aliphatic heterocycles. The Hall–Kier alpha value is -1.43. The summed E-state index contributed by atoms with van der Waals surface area (Å²) in [6, 6.07) is -0.865. The minimum atomic E-state index is -0.973. The number of carbonyl (C=O) groups is 2. The summed E-state index contributed by atoms with van der Waals surface area (Å²) in [5.41, 5.74) is 5.37. The van der Waals surface area contributed by atoms with Crippen molar-refractivity contribution in [1.82, 2.24) is 5.32 Å². The topological polar surface area (TPSA) is 95.4 Å². The van der Waals surface area contributed by atoms with E-state index in [-0.39, 0.29) is 6.03 Å². The third kappa shape index (κ3) is 4.83. The number of unbranched alkanes of at least 4 members (excludes halogenated alkanes) is 1. The molecule has 1 rings (SSSR count). The molecule has 0 spiro atoms. The van der Waals surface area contributed by atoms with Crippen molar-refractivity contribution in [2.24, 2.45) is 11.7 Å². The van der Waals surface area contributed by atoms with Crippen LogP contribution in [0.3, 0.4) is 0 Å². The molecule has 1 aliphatic rings. The second kappa shape index (κ2) is 7.10. The molecule has 2 amide bonds. The fourth-order valence-corrected chi connectivity index (χ4v) is 1.87. The Morgan fingerprint density at radius 3 is 2.83 bits per heavy atom. The molecule has 0 saturated carbocycles. The van der Waals surface area contributed by atoms with E-state index in [4.69, 9.17) is 10.8 Å². The zero-order chi connectivity index (χ0) is 13.5. The first kappa shape index (κ1) is 14.6. The molecule has 6 heteroatoms. The molecule has 0 aromatic rings. The van der Waals surface area contributed by atoms with Gasteiger partial charge in [-0.05, 0) is 19.3 Å². The van der Waals surface area contributed by atoms with E-state index in [9.17, 15) is 9.59 Å². The highest BCUT2D eigenvalue weighted by atomic mass is 16.4. The largest absolute Gasteiger partial charge is 0.490 e. The second-order valence-corrected chi connectivity index (χ2v) is 4.85. The van der Waals surface area contributed by atoms with Crippen molar-refractivity contribution in [2.45, 2.75) is 38.6 Å². The van der Waals surface area contributed by atoms with Gasteiger partial charge in [-0.15, -0.1) is 0 Å². The van der Waals surface area contributed by atoms with Crippen LogP contribution in [0.1, 0.15) is 32.6 Å². The lowest BCUT2D eigenvalue weighted by Crippen LogP contribution is -2.34. The fourth-order valence-electron chi connectivity index (χ4n) is 1.87. The van der Waals surface area contributed by atoms with E-state index >= 15 is 0 Å². The molecule has 0 radical (unpaired) electrons. The lowest BCUT2D eigenvalue weighted by atomic mass is 10.1. The summed E-state index contributed by atoms with van der Waals surface area (Å²) in [6.45, 7) is 3.44. The van der Waals surface area contributed by atoms with Crippen molar-refractivity contribution in [3.8, 4) is 0 Å². The summed E-state index contributed by atoms with van der Waals surface area (Å²) in [5.74, 6) is -0.441. The fraction of sp³-hybridized carbons (Fsp3) is 0.750. The van der Waals surface area contributed by atoms with Gasteiger partial charge in [-0.25, -0.2) is 9.89 Å². The van der Waals surface area contributed by atoms with Crippen molar-refractivity contribution in [3.63, 3.8) is 0 Å². The first-order valence-electron chi connectivity index (χ1n) is 6.37. The number of rotatable bonds is 6. The summed E-state index contributed by atoms with van der Waals surface area (Å²) in [4.78, 5) is 22.1. The van der Waals surface area contributed by atoms with Crippen LogP contribution >= 0.6 is 0 Å². The van der Waals surface area contributed by atoms with Crippen LogP contribution in [0.2, 0.25) is 0 Å². The summed E-state index contributed by atoms with van der Waals surface area (Å²) < 4.78 is 1.70. The number of urea groups is 1. The van der Waals surface area contributed by atoms with Gasteiger partial charge in [-0.2, -0.15) is 4.79 Å². The lowest BCUT2D eigenvalue weighted by molar-refractivity contribution is -0.421. The van der Waals surface area contributed by atoms with Gasteiger partial charge < -0.3 is 10.8 Å². The number of hydrogen-bond donors (Lipinski definition) is 3. The van der Waals surface area contributed by atoms with Crippen LogP contribution in [0, 0.1) is 5.92 Å². The van der Waals surface area contributed by atoms with Crippen molar-refractivity contribution >= 4 is 18.2 Å². The summed E-state index contributed by atoms with van der Waals surface area (Å²) in [7, 11) is 0. The van der Waals surface area contributed by atoms with E-state index < -0.39 is 12.0 Å². The maximum absolute atomic E-state index is 11.7. The average Bonchev–Trinajstić information content (AvgIpc) is 2.74. The van der Waals surface area contributed by atoms with E-state index in [0.717, 1.165) is 19.4 Å².